The third kappa shape index (κ3) is 1.02. The summed E-state index contributed by atoms with van der Waals surface area (Å²) in [6.45, 7) is 2.00. The Labute approximate surface area is 74.5 Å². The minimum Gasteiger partial charge on any atom is -0.307 e. The predicted octanol–water partition coefficient (Wildman–Crippen LogP) is 2.65. The molecule has 0 heterocycles. The molecule has 0 radical (unpaired) electrons. The van der Waals surface area contributed by atoms with Crippen molar-refractivity contribution in [3.63, 3.8) is 0 Å². The minimum atomic E-state index is 1.19. The van der Waals surface area contributed by atoms with Crippen molar-refractivity contribution in [3.8, 4) is 0 Å². The fourth-order valence-electron chi connectivity index (χ4n) is 4.02. The standard InChI is InChI=1S/C10H16.CH2O/c1-2-9-7-4-5-8(6-7)10(9)3-1;1-2/h7-10H,1-6H2;1H2. The van der Waals surface area contributed by atoms with Gasteiger partial charge in [0.15, 0.2) is 0 Å². The third-order valence-corrected chi connectivity index (χ3v) is 4.35. The van der Waals surface area contributed by atoms with Crippen molar-refractivity contribution in [2.45, 2.75) is 38.5 Å². The number of rotatable bonds is 0. The number of carbonyl (C=O) groups excluding carboxylic acids is 1. The number of fused-ring (bicyclic) bond motifs is 5. The second-order valence-corrected chi connectivity index (χ2v) is 4.59. The zero-order chi connectivity index (χ0) is 8.55. The van der Waals surface area contributed by atoms with E-state index in [9.17, 15) is 0 Å². The van der Waals surface area contributed by atoms with E-state index in [2.05, 4.69) is 0 Å². The summed E-state index contributed by atoms with van der Waals surface area (Å²) in [5.41, 5.74) is 0. The van der Waals surface area contributed by atoms with E-state index in [4.69, 9.17) is 4.79 Å². The molecule has 4 atom stereocenters. The molecule has 68 valence electrons. The lowest BCUT2D eigenvalue weighted by Gasteiger charge is -2.23. The molecule has 0 aromatic heterocycles. The van der Waals surface area contributed by atoms with Crippen LogP contribution in [0.1, 0.15) is 38.5 Å². The Balaban J connectivity index is 0.000000264. The molecule has 0 spiro atoms. The van der Waals surface area contributed by atoms with Crippen LogP contribution in [0.15, 0.2) is 0 Å². The van der Waals surface area contributed by atoms with E-state index in [0.717, 1.165) is 0 Å². The van der Waals surface area contributed by atoms with Gasteiger partial charge in [-0.3, -0.25) is 0 Å². The van der Waals surface area contributed by atoms with E-state index < -0.39 is 0 Å². The average Bonchev–Trinajstić information content (AvgIpc) is 2.81. The van der Waals surface area contributed by atoms with E-state index in [1.54, 1.807) is 38.5 Å². The Hall–Kier alpha value is -0.330. The van der Waals surface area contributed by atoms with Gasteiger partial charge in [-0.2, -0.15) is 0 Å². The summed E-state index contributed by atoms with van der Waals surface area (Å²) in [5.74, 6) is 4.80. The van der Waals surface area contributed by atoms with Crippen LogP contribution in [0.5, 0.6) is 0 Å². The summed E-state index contributed by atoms with van der Waals surface area (Å²) in [6.07, 6.45) is 9.53. The van der Waals surface area contributed by atoms with Gasteiger partial charge < -0.3 is 4.79 Å². The van der Waals surface area contributed by atoms with Gasteiger partial charge in [0.05, 0.1) is 0 Å². The molecule has 4 unspecified atom stereocenters. The molecule has 2 bridgehead atoms. The molecule has 0 N–H and O–H groups in total. The predicted molar refractivity (Wildman–Crippen MR) is 48.8 cm³/mol. The van der Waals surface area contributed by atoms with Crippen LogP contribution >= 0.6 is 0 Å². The van der Waals surface area contributed by atoms with E-state index in [1.165, 1.54) is 23.7 Å². The largest absolute Gasteiger partial charge is 0.307 e. The first-order chi connectivity index (χ1) is 5.95. The van der Waals surface area contributed by atoms with E-state index in [1.807, 2.05) is 6.79 Å². The summed E-state index contributed by atoms with van der Waals surface area (Å²) < 4.78 is 0. The highest BCUT2D eigenvalue weighted by molar-refractivity contribution is 5.11. The van der Waals surface area contributed by atoms with Gasteiger partial charge in [-0.15, -0.1) is 0 Å². The van der Waals surface area contributed by atoms with Crippen LogP contribution in [0.25, 0.3) is 0 Å². The molecular weight excluding hydrogens is 148 g/mol. The molecule has 0 saturated heterocycles. The lowest BCUT2D eigenvalue weighted by atomic mass is 9.82. The van der Waals surface area contributed by atoms with E-state index >= 15 is 0 Å². The molecule has 0 aromatic rings. The Morgan fingerprint density at radius 3 is 1.83 bits per heavy atom. The molecular formula is C11H18O. The Kier molecular flexibility index (Phi) is 2.20. The van der Waals surface area contributed by atoms with Crippen molar-refractivity contribution in [2.75, 3.05) is 0 Å². The SMILES string of the molecule is C1CC2C3CCC(C3)C2C1.C=O. The van der Waals surface area contributed by atoms with Crippen LogP contribution in [0.2, 0.25) is 0 Å². The lowest BCUT2D eigenvalue weighted by Crippen LogP contribution is -2.15. The van der Waals surface area contributed by atoms with Gasteiger partial charge in [-0.05, 0) is 55.8 Å². The van der Waals surface area contributed by atoms with Crippen molar-refractivity contribution in [1.29, 1.82) is 0 Å². The van der Waals surface area contributed by atoms with Crippen molar-refractivity contribution in [3.05, 3.63) is 0 Å². The molecule has 12 heavy (non-hydrogen) atoms. The van der Waals surface area contributed by atoms with Gasteiger partial charge >= 0.3 is 0 Å². The van der Waals surface area contributed by atoms with Gasteiger partial charge in [0.1, 0.15) is 6.79 Å². The highest BCUT2D eigenvalue weighted by atomic mass is 16.1. The molecule has 3 fully saturated rings. The first kappa shape index (κ1) is 8.28. The topological polar surface area (TPSA) is 17.1 Å². The second-order valence-electron chi connectivity index (χ2n) is 4.59. The molecule has 1 nitrogen and oxygen atoms in total. The second kappa shape index (κ2) is 3.20. The molecule has 3 aliphatic rings. The van der Waals surface area contributed by atoms with Crippen LogP contribution in [0.4, 0.5) is 0 Å². The quantitative estimate of drug-likeness (QED) is 0.540. The molecule has 3 rings (SSSR count). The summed E-state index contributed by atoms with van der Waals surface area (Å²) in [7, 11) is 0. The summed E-state index contributed by atoms with van der Waals surface area (Å²) in [5, 5.41) is 0. The lowest BCUT2D eigenvalue weighted by molar-refractivity contribution is -0.0979. The van der Waals surface area contributed by atoms with Crippen LogP contribution in [-0.4, -0.2) is 6.79 Å². The summed E-state index contributed by atoms with van der Waals surface area (Å²) >= 11 is 0. The molecule has 1 heteroatoms. The summed E-state index contributed by atoms with van der Waals surface area (Å²) in [4.78, 5) is 8.00. The van der Waals surface area contributed by atoms with E-state index in [-0.39, 0.29) is 0 Å². The fourth-order valence-corrected chi connectivity index (χ4v) is 4.02. The van der Waals surface area contributed by atoms with E-state index in [0.29, 0.717) is 0 Å². The third-order valence-electron chi connectivity index (χ3n) is 4.35. The highest BCUT2D eigenvalue weighted by Crippen LogP contribution is 2.58. The zero-order valence-electron chi connectivity index (χ0n) is 7.67. The van der Waals surface area contributed by atoms with Crippen LogP contribution in [-0.2, 0) is 4.79 Å². The minimum absolute atomic E-state index is 1.19. The Morgan fingerprint density at radius 1 is 0.833 bits per heavy atom. The van der Waals surface area contributed by atoms with Crippen molar-refractivity contribution in [1.82, 2.24) is 0 Å². The fraction of sp³-hybridized carbons (Fsp3) is 0.909. The van der Waals surface area contributed by atoms with Crippen LogP contribution in [0.3, 0.4) is 0 Å². The zero-order valence-corrected chi connectivity index (χ0v) is 7.67. The normalized spacial score (nSPS) is 48.3. The number of hydrogen-bond acceptors (Lipinski definition) is 1. The molecule has 3 saturated carbocycles. The maximum Gasteiger partial charge on any atom is 0.106 e. The van der Waals surface area contributed by atoms with Gasteiger partial charge in [0.2, 0.25) is 0 Å². The maximum absolute atomic E-state index is 8.00. The molecule has 0 aliphatic heterocycles. The number of hydrogen-bond donors (Lipinski definition) is 0. The average molecular weight is 166 g/mol. The van der Waals surface area contributed by atoms with Crippen molar-refractivity contribution >= 4 is 6.79 Å². The van der Waals surface area contributed by atoms with Gasteiger partial charge in [-0.25, -0.2) is 0 Å². The van der Waals surface area contributed by atoms with Crippen LogP contribution < -0.4 is 0 Å². The van der Waals surface area contributed by atoms with Crippen molar-refractivity contribution < 1.29 is 4.79 Å². The van der Waals surface area contributed by atoms with Gasteiger partial charge in [-0.1, -0.05) is 6.42 Å². The van der Waals surface area contributed by atoms with Crippen molar-refractivity contribution in [2.24, 2.45) is 23.7 Å². The first-order valence-corrected chi connectivity index (χ1v) is 5.24. The molecule has 0 amide bonds. The maximum atomic E-state index is 8.00. The monoisotopic (exact) mass is 166 g/mol. The van der Waals surface area contributed by atoms with Crippen LogP contribution in [0, 0.1) is 23.7 Å². The van der Waals surface area contributed by atoms with Gasteiger partial charge in [0, 0.05) is 0 Å². The molecule has 0 aromatic carbocycles. The van der Waals surface area contributed by atoms with Gasteiger partial charge in [0.25, 0.3) is 0 Å². The Bertz CT molecular complexity index is 150. The summed E-state index contributed by atoms with van der Waals surface area (Å²) in [6, 6.07) is 0. The number of carbonyl (C=O) groups is 1. The highest BCUT2D eigenvalue weighted by Gasteiger charge is 2.48. The first-order valence-electron chi connectivity index (χ1n) is 5.24. The Morgan fingerprint density at radius 2 is 1.33 bits per heavy atom. The smallest absolute Gasteiger partial charge is 0.106 e. The molecule has 3 aliphatic carbocycles.